The second-order valence-electron chi connectivity index (χ2n) is 16.1. The van der Waals surface area contributed by atoms with Crippen LogP contribution in [0, 0.1) is 5.82 Å². The Kier molecular flexibility index (Phi) is 19.4. The van der Waals surface area contributed by atoms with Gasteiger partial charge < -0.3 is 46.1 Å². The fraction of sp³-hybridized carbons (Fsp3) is 0.250. The average molecular weight is 1020 g/mol. The molecule has 0 radical (unpaired) electrons. The van der Waals surface area contributed by atoms with Crippen LogP contribution < -0.4 is 31.9 Å². The van der Waals surface area contributed by atoms with Gasteiger partial charge in [0, 0.05) is 71.0 Å². The lowest BCUT2D eigenvalue weighted by Gasteiger charge is -2.24. The number of rotatable bonds is 11. The normalized spacial score (nSPS) is 17.6. The van der Waals surface area contributed by atoms with Gasteiger partial charge in [-0.1, -0.05) is 82.8 Å². The Labute approximate surface area is 420 Å². The van der Waals surface area contributed by atoms with Crippen molar-refractivity contribution in [2.24, 2.45) is 0 Å². The van der Waals surface area contributed by atoms with Crippen LogP contribution in [-0.4, -0.2) is 76.3 Å². The van der Waals surface area contributed by atoms with Crippen molar-refractivity contribution in [3.8, 4) is 0 Å². The summed E-state index contributed by atoms with van der Waals surface area (Å²) in [6.45, 7) is 7.25. The highest BCUT2D eigenvalue weighted by Crippen LogP contribution is 2.26. The lowest BCUT2D eigenvalue weighted by Crippen LogP contribution is -2.33. The highest BCUT2D eigenvalue weighted by molar-refractivity contribution is 6.42. The fourth-order valence-corrected chi connectivity index (χ4v) is 7.89. The molecule has 3 aliphatic rings. The quantitative estimate of drug-likeness (QED) is 0.0745. The zero-order valence-corrected chi connectivity index (χ0v) is 40.4. The van der Waals surface area contributed by atoms with E-state index in [9.17, 15) is 18.8 Å². The van der Waals surface area contributed by atoms with Crippen LogP contribution >= 0.6 is 46.4 Å². The van der Waals surface area contributed by atoms with Gasteiger partial charge >= 0.3 is 0 Å². The predicted molar refractivity (Wildman–Crippen MR) is 272 cm³/mol. The van der Waals surface area contributed by atoms with E-state index in [1.54, 1.807) is 54.6 Å². The molecule has 0 bridgehead atoms. The summed E-state index contributed by atoms with van der Waals surface area (Å²) in [5, 5.41) is 19.9. The van der Waals surface area contributed by atoms with E-state index in [0.29, 0.717) is 63.5 Å². The number of hydrogen-bond acceptors (Lipinski definition) is 9. The third-order valence-corrected chi connectivity index (χ3v) is 12.3. The fourth-order valence-electron chi connectivity index (χ4n) is 7.31. The highest BCUT2D eigenvalue weighted by atomic mass is 35.5. The first-order valence-electron chi connectivity index (χ1n) is 22.3. The van der Waals surface area contributed by atoms with E-state index in [2.05, 4.69) is 31.9 Å². The van der Waals surface area contributed by atoms with Crippen LogP contribution in [0.25, 0.3) is 0 Å². The number of carbonyl (C=O) groups excluding carboxylic acids is 3. The minimum absolute atomic E-state index is 0.0159. The van der Waals surface area contributed by atoms with Crippen LogP contribution in [0.5, 0.6) is 0 Å². The van der Waals surface area contributed by atoms with E-state index in [1.165, 1.54) is 12.1 Å². The topological polar surface area (TPSA) is 151 Å². The molecule has 6 aromatic rings. The molecule has 3 fully saturated rings. The second-order valence-corrected chi connectivity index (χ2v) is 17.8. The molecule has 9 rings (SSSR count). The molecule has 3 amide bonds. The van der Waals surface area contributed by atoms with E-state index < -0.39 is 11.7 Å². The van der Waals surface area contributed by atoms with Gasteiger partial charge in [0.25, 0.3) is 17.7 Å². The van der Waals surface area contributed by atoms with Crippen molar-refractivity contribution in [2.75, 3.05) is 68.4 Å². The summed E-state index contributed by atoms with van der Waals surface area (Å²) in [6, 6.07) is 38.3. The standard InChI is InChI=1S/C18H19ClN2O2.C17H16Cl2N2O2.C17H16ClFN2O2/c19-15-5-3-14(4-6-15)18(22)21-16-7-1-13(2-8-16)12-23-17-9-10-20-11-17;18-14-6-3-12(9-15(14)19)17(22)21-13-4-1-11(2-5-13)16-10-20-7-8-23-16;18-12-3-6-14(15(19)9-12)17(22)21-13-4-1-11(2-5-13)16-10-20-7-8-23-16/h1-8,17,20H,9-12H2,(H,21,22);2*1-6,9,16,20H,7-8,10H2,(H,21,22). The molecule has 12 nitrogen and oxygen atoms in total. The van der Waals surface area contributed by atoms with Crippen molar-refractivity contribution >= 4 is 81.2 Å². The number of anilines is 3. The molecular weight excluding hydrogens is 965 g/mol. The van der Waals surface area contributed by atoms with Gasteiger partial charge in [-0.15, -0.1) is 0 Å². The molecule has 3 saturated heterocycles. The minimum Gasteiger partial charge on any atom is -0.372 e. The summed E-state index contributed by atoms with van der Waals surface area (Å²) in [5.41, 5.74) is 6.29. The number of nitrogens with one attached hydrogen (secondary N) is 6. The summed E-state index contributed by atoms with van der Waals surface area (Å²) in [6.07, 6.45) is 1.44. The van der Waals surface area contributed by atoms with Crippen molar-refractivity contribution in [1.29, 1.82) is 0 Å². The Morgan fingerprint density at radius 1 is 0.551 bits per heavy atom. The van der Waals surface area contributed by atoms with Crippen LogP contribution in [0.3, 0.4) is 0 Å². The van der Waals surface area contributed by atoms with E-state index in [4.69, 9.17) is 60.6 Å². The van der Waals surface area contributed by atoms with Gasteiger partial charge in [0.05, 0.1) is 53.7 Å². The zero-order chi connectivity index (χ0) is 48.5. The Bertz CT molecular complexity index is 2630. The number of ether oxygens (including phenoxy) is 3. The van der Waals surface area contributed by atoms with Crippen molar-refractivity contribution in [3.63, 3.8) is 0 Å². The SMILES string of the molecule is O=C(Nc1ccc(C2CNCCO2)cc1)c1ccc(Cl)c(Cl)c1.O=C(Nc1ccc(C2CNCCO2)cc1)c1ccc(Cl)cc1F.O=C(Nc1ccc(COC2CCNC2)cc1)c1ccc(Cl)cc1. The number of hydrogen-bond donors (Lipinski definition) is 6. The predicted octanol–water partition coefficient (Wildman–Crippen LogP) is 10.8. The smallest absolute Gasteiger partial charge is 0.258 e. The van der Waals surface area contributed by atoms with Crippen molar-refractivity contribution in [1.82, 2.24) is 16.0 Å². The van der Waals surface area contributed by atoms with Crippen LogP contribution in [-0.2, 0) is 20.8 Å². The second kappa shape index (κ2) is 26.0. The summed E-state index contributed by atoms with van der Waals surface area (Å²) in [5.74, 6) is -1.54. The number of morpholine rings is 2. The maximum atomic E-state index is 13.7. The van der Waals surface area contributed by atoms with E-state index in [0.717, 1.165) is 74.1 Å². The van der Waals surface area contributed by atoms with Gasteiger partial charge in [-0.05, 0) is 127 Å². The molecule has 0 spiro atoms. The van der Waals surface area contributed by atoms with Gasteiger partial charge in [0.15, 0.2) is 0 Å². The van der Waals surface area contributed by atoms with Crippen molar-refractivity contribution < 1.29 is 33.0 Å². The van der Waals surface area contributed by atoms with Crippen LogP contribution in [0.4, 0.5) is 21.5 Å². The molecule has 0 saturated carbocycles. The highest BCUT2D eigenvalue weighted by Gasteiger charge is 2.19. The van der Waals surface area contributed by atoms with E-state index >= 15 is 0 Å². The monoisotopic (exact) mass is 1010 g/mol. The Morgan fingerprint density at radius 2 is 1.06 bits per heavy atom. The summed E-state index contributed by atoms with van der Waals surface area (Å²) < 4.78 is 30.9. The first-order chi connectivity index (χ1) is 33.5. The maximum Gasteiger partial charge on any atom is 0.258 e. The molecule has 6 N–H and O–H groups in total. The molecule has 3 atom stereocenters. The molecular formula is C52H51Cl4FN6O6. The molecule has 3 heterocycles. The lowest BCUT2D eigenvalue weighted by atomic mass is 10.1. The lowest BCUT2D eigenvalue weighted by molar-refractivity contribution is 0.0276. The van der Waals surface area contributed by atoms with Crippen LogP contribution in [0.2, 0.25) is 20.1 Å². The zero-order valence-electron chi connectivity index (χ0n) is 37.3. The Morgan fingerprint density at radius 3 is 1.57 bits per heavy atom. The van der Waals surface area contributed by atoms with Crippen molar-refractivity contribution in [3.05, 3.63) is 193 Å². The molecule has 0 aliphatic carbocycles. The molecule has 17 heteroatoms. The van der Waals surface area contributed by atoms with Gasteiger partial charge in [-0.3, -0.25) is 14.4 Å². The average Bonchev–Trinajstić information content (AvgIpc) is 3.90. The first kappa shape index (κ1) is 51.4. The summed E-state index contributed by atoms with van der Waals surface area (Å²) in [4.78, 5) is 36.4. The van der Waals surface area contributed by atoms with Crippen LogP contribution in [0.1, 0.15) is 66.4 Å². The van der Waals surface area contributed by atoms with E-state index in [1.807, 2.05) is 60.7 Å². The van der Waals surface area contributed by atoms with Gasteiger partial charge in [0.1, 0.15) is 5.82 Å². The third-order valence-electron chi connectivity index (χ3n) is 11.1. The number of amides is 3. The molecule has 0 aromatic heterocycles. The summed E-state index contributed by atoms with van der Waals surface area (Å²) >= 11 is 23.3. The van der Waals surface area contributed by atoms with Crippen molar-refractivity contribution in [2.45, 2.75) is 31.3 Å². The molecule has 360 valence electrons. The molecule has 6 aromatic carbocycles. The molecule has 69 heavy (non-hydrogen) atoms. The largest absolute Gasteiger partial charge is 0.372 e. The number of carbonyl (C=O) groups is 3. The van der Waals surface area contributed by atoms with Gasteiger partial charge in [-0.25, -0.2) is 4.39 Å². The molecule has 3 unspecified atom stereocenters. The maximum absolute atomic E-state index is 13.7. The number of halogens is 5. The van der Waals surface area contributed by atoms with E-state index in [-0.39, 0.29) is 34.6 Å². The minimum atomic E-state index is -0.645. The van der Waals surface area contributed by atoms with Gasteiger partial charge in [-0.2, -0.15) is 0 Å². The molecule has 3 aliphatic heterocycles. The summed E-state index contributed by atoms with van der Waals surface area (Å²) in [7, 11) is 0. The van der Waals surface area contributed by atoms with Gasteiger partial charge in [0.2, 0.25) is 0 Å². The number of benzene rings is 6. The Hall–Kier alpha value is -5.42. The van der Waals surface area contributed by atoms with Crippen LogP contribution in [0.15, 0.2) is 133 Å². The third kappa shape index (κ3) is 15.8. The first-order valence-corrected chi connectivity index (χ1v) is 23.8. The Balaban J connectivity index is 0.000000153.